The Balaban J connectivity index is 1.28. The Labute approximate surface area is 203 Å². The zero-order valence-corrected chi connectivity index (χ0v) is 19.3. The van der Waals surface area contributed by atoms with Crippen molar-refractivity contribution in [3.05, 3.63) is 54.6 Å². The molecule has 0 aliphatic carbocycles. The summed E-state index contributed by atoms with van der Waals surface area (Å²) in [7, 11) is -4.63. The summed E-state index contributed by atoms with van der Waals surface area (Å²) in [6.45, 7) is -1.14. The minimum Gasteiger partial charge on any atom is -0.398 e. The molecule has 2 aromatic heterocycles. The Hall–Kier alpha value is -3.89. The highest BCUT2D eigenvalue weighted by Gasteiger charge is 2.51. The van der Waals surface area contributed by atoms with E-state index in [1.807, 2.05) is 0 Å². The van der Waals surface area contributed by atoms with Gasteiger partial charge >= 0.3 is 10.3 Å². The molecule has 3 heterocycles. The first-order chi connectivity index (χ1) is 17.1. The first kappa shape index (κ1) is 23.8. The van der Waals surface area contributed by atoms with E-state index in [-0.39, 0.29) is 28.2 Å². The number of nitrogens with two attached hydrogens (primary N) is 2. The topological polar surface area (TPSA) is 218 Å². The lowest BCUT2D eigenvalue weighted by atomic mass is 10.0. The number of nitrogens with one attached hydrogen (secondary N) is 1. The van der Waals surface area contributed by atoms with E-state index < -0.39 is 47.4 Å². The standard InChI is InChI=1S/C21H21N7O7S/c22-14-6-12-4-2-1-3-11(12)5-13(14)20(30)27-36(32,33)35-7-15-17(29)21(31,8-34-15)28-10-26-16-18(23)24-9-25-19(16)28/h1-6,9-10,15,17,29,31H,7-8,22H2,(H,27,30)(H2,23,24,25)/t15-,17-,21-/m1/s1. The number of nitrogen functional groups attached to an aromatic ring is 2. The number of hydrogen-bond acceptors (Lipinski definition) is 12. The lowest BCUT2D eigenvalue weighted by Crippen LogP contribution is -2.47. The first-order valence-corrected chi connectivity index (χ1v) is 12.0. The van der Waals surface area contributed by atoms with Crippen LogP contribution in [0.25, 0.3) is 21.9 Å². The minimum atomic E-state index is -4.63. The summed E-state index contributed by atoms with van der Waals surface area (Å²) in [6, 6.07) is 10.1. The largest absolute Gasteiger partial charge is 0.398 e. The molecule has 36 heavy (non-hydrogen) atoms. The molecule has 1 fully saturated rings. The molecule has 0 spiro atoms. The number of imidazole rings is 1. The predicted octanol–water partition coefficient (Wildman–Crippen LogP) is -0.760. The molecule has 188 valence electrons. The fraction of sp³-hybridized carbons (Fsp3) is 0.238. The van der Waals surface area contributed by atoms with Gasteiger partial charge in [-0.05, 0) is 22.9 Å². The number of anilines is 2. The Morgan fingerprint density at radius 1 is 1.22 bits per heavy atom. The summed E-state index contributed by atoms with van der Waals surface area (Å²) >= 11 is 0. The van der Waals surface area contributed by atoms with Crippen LogP contribution in [-0.4, -0.2) is 69.5 Å². The Bertz CT molecular complexity index is 1590. The van der Waals surface area contributed by atoms with Crippen LogP contribution in [0.15, 0.2) is 49.1 Å². The van der Waals surface area contributed by atoms with E-state index in [0.717, 1.165) is 9.95 Å². The van der Waals surface area contributed by atoms with Crippen LogP contribution in [0.4, 0.5) is 11.5 Å². The number of aromatic nitrogens is 4. The molecule has 7 N–H and O–H groups in total. The fourth-order valence-electron chi connectivity index (χ4n) is 4.00. The molecule has 0 saturated carbocycles. The monoisotopic (exact) mass is 515 g/mol. The van der Waals surface area contributed by atoms with E-state index in [2.05, 4.69) is 15.0 Å². The summed E-state index contributed by atoms with van der Waals surface area (Å²) in [6.07, 6.45) is -0.548. The maximum absolute atomic E-state index is 12.6. The highest BCUT2D eigenvalue weighted by atomic mass is 32.2. The van der Waals surface area contributed by atoms with Crippen molar-refractivity contribution in [2.45, 2.75) is 17.9 Å². The smallest absolute Gasteiger partial charge is 0.362 e. The third kappa shape index (κ3) is 4.08. The molecule has 0 bridgehead atoms. The molecule has 1 amide bonds. The van der Waals surface area contributed by atoms with Crippen molar-refractivity contribution in [3.8, 4) is 0 Å². The fourth-order valence-corrected chi connectivity index (χ4v) is 4.71. The van der Waals surface area contributed by atoms with Gasteiger partial charge in [0.1, 0.15) is 24.1 Å². The average Bonchev–Trinajstić information content (AvgIpc) is 3.40. The maximum Gasteiger partial charge on any atom is 0.362 e. The zero-order valence-electron chi connectivity index (χ0n) is 18.5. The third-order valence-electron chi connectivity index (χ3n) is 5.88. The molecule has 4 aromatic rings. The number of aliphatic hydroxyl groups is 2. The molecule has 0 unspecified atom stereocenters. The number of amides is 1. The lowest BCUT2D eigenvalue weighted by molar-refractivity contribution is -0.109. The second-order valence-electron chi connectivity index (χ2n) is 8.17. The molecule has 1 aliphatic rings. The van der Waals surface area contributed by atoms with Gasteiger partial charge in [-0.2, -0.15) is 8.42 Å². The van der Waals surface area contributed by atoms with Crippen LogP contribution in [0.3, 0.4) is 0 Å². The Morgan fingerprint density at radius 3 is 2.69 bits per heavy atom. The van der Waals surface area contributed by atoms with Crippen LogP contribution < -0.4 is 16.2 Å². The summed E-state index contributed by atoms with van der Waals surface area (Å²) in [5.74, 6) is -0.922. The van der Waals surface area contributed by atoms with Gasteiger partial charge in [0.05, 0.1) is 25.1 Å². The van der Waals surface area contributed by atoms with Gasteiger partial charge in [0.2, 0.25) is 0 Å². The number of fused-ring (bicyclic) bond motifs is 2. The predicted molar refractivity (Wildman–Crippen MR) is 126 cm³/mol. The number of rotatable bonds is 6. The van der Waals surface area contributed by atoms with E-state index in [9.17, 15) is 23.4 Å². The molecule has 15 heteroatoms. The lowest BCUT2D eigenvalue weighted by Gasteiger charge is -2.27. The number of ether oxygens (including phenoxy) is 1. The molecular formula is C21H21N7O7S. The van der Waals surface area contributed by atoms with Gasteiger partial charge in [-0.3, -0.25) is 13.5 Å². The normalized spacial score (nSPS) is 22.3. The van der Waals surface area contributed by atoms with Crippen LogP contribution in [0, 0.1) is 0 Å². The summed E-state index contributed by atoms with van der Waals surface area (Å²) in [5, 5.41) is 23.3. The number of carbonyl (C=O) groups is 1. The maximum atomic E-state index is 12.6. The van der Waals surface area contributed by atoms with Crippen molar-refractivity contribution in [2.24, 2.45) is 0 Å². The molecule has 14 nitrogen and oxygen atoms in total. The van der Waals surface area contributed by atoms with Crippen molar-refractivity contribution < 1.29 is 32.3 Å². The van der Waals surface area contributed by atoms with Crippen molar-refractivity contribution in [2.75, 3.05) is 24.7 Å². The Kier molecular flexibility index (Phi) is 5.73. The van der Waals surface area contributed by atoms with E-state index in [0.29, 0.717) is 5.39 Å². The second-order valence-corrected chi connectivity index (χ2v) is 9.52. The molecule has 0 radical (unpaired) electrons. The molecule has 1 aliphatic heterocycles. The van der Waals surface area contributed by atoms with Crippen LogP contribution in [0.1, 0.15) is 10.4 Å². The molecule has 3 atom stereocenters. The molecule has 2 aromatic carbocycles. The van der Waals surface area contributed by atoms with Crippen molar-refractivity contribution in [1.82, 2.24) is 24.2 Å². The number of hydrogen-bond donors (Lipinski definition) is 5. The van der Waals surface area contributed by atoms with Gasteiger partial charge in [0, 0.05) is 5.69 Å². The van der Waals surface area contributed by atoms with Crippen LogP contribution in [0.2, 0.25) is 0 Å². The average molecular weight is 516 g/mol. The summed E-state index contributed by atoms with van der Waals surface area (Å²) in [5.41, 5.74) is 10.0. The van der Waals surface area contributed by atoms with Crippen molar-refractivity contribution in [3.63, 3.8) is 0 Å². The van der Waals surface area contributed by atoms with Crippen molar-refractivity contribution in [1.29, 1.82) is 0 Å². The SMILES string of the molecule is Nc1cc2ccccc2cc1C(=O)NS(=O)(=O)OC[C@H]1OC[C@](O)(n2cnc3c(N)ncnc32)[C@@H]1O. The summed E-state index contributed by atoms with van der Waals surface area (Å²) < 4.78 is 38.0. The van der Waals surface area contributed by atoms with Gasteiger partial charge in [-0.15, -0.1) is 0 Å². The van der Waals surface area contributed by atoms with Crippen LogP contribution >= 0.6 is 0 Å². The van der Waals surface area contributed by atoms with E-state index in [4.69, 9.17) is 20.4 Å². The quantitative estimate of drug-likeness (QED) is 0.200. The summed E-state index contributed by atoms with van der Waals surface area (Å²) in [4.78, 5) is 24.5. The minimum absolute atomic E-state index is 0.0550. The Morgan fingerprint density at radius 2 is 1.94 bits per heavy atom. The van der Waals surface area contributed by atoms with Crippen LogP contribution in [-0.2, 0) is 24.9 Å². The van der Waals surface area contributed by atoms with Gasteiger partial charge in [-0.1, -0.05) is 24.3 Å². The van der Waals surface area contributed by atoms with Gasteiger partial charge in [0.15, 0.2) is 17.2 Å². The number of benzene rings is 2. The highest BCUT2D eigenvalue weighted by Crippen LogP contribution is 2.32. The molecule has 5 rings (SSSR count). The van der Waals surface area contributed by atoms with E-state index in [1.165, 1.54) is 18.7 Å². The van der Waals surface area contributed by atoms with E-state index in [1.54, 1.807) is 35.1 Å². The third-order valence-corrected chi connectivity index (χ3v) is 6.76. The first-order valence-electron chi connectivity index (χ1n) is 10.5. The number of carbonyl (C=O) groups excluding carboxylic acids is 1. The highest BCUT2D eigenvalue weighted by molar-refractivity contribution is 7.85. The van der Waals surface area contributed by atoms with E-state index >= 15 is 0 Å². The van der Waals surface area contributed by atoms with Gasteiger partial charge in [0.25, 0.3) is 5.91 Å². The van der Waals surface area contributed by atoms with Crippen molar-refractivity contribution >= 4 is 49.7 Å². The zero-order chi connectivity index (χ0) is 25.7. The van der Waals surface area contributed by atoms with Crippen LogP contribution in [0.5, 0.6) is 0 Å². The van der Waals surface area contributed by atoms with Gasteiger partial charge < -0.3 is 26.4 Å². The second kappa shape index (κ2) is 8.65. The number of nitrogens with zero attached hydrogens (tertiary/aromatic N) is 4. The molecular weight excluding hydrogens is 494 g/mol. The number of aliphatic hydroxyl groups excluding tert-OH is 1. The van der Waals surface area contributed by atoms with Gasteiger partial charge in [-0.25, -0.2) is 19.7 Å². The molecule has 1 saturated heterocycles.